The first kappa shape index (κ1) is 8.18. The lowest BCUT2D eigenvalue weighted by molar-refractivity contribution is 0.302. The fraction of sp³-hybridized carbons (Fsp3) is 0.250. The molecule has 0 fully saturated rings. The van der Waals surface area contributed by atoms with Crippen LogP contribution in [0.25, 0.3) is 0 Å². The van der Waals surface area contributed by atoms with Crippen molar-refractivity contribution in [2.75, 3.05) is 6.61 Å². The molecule has 0 saturated heterocycles. The second kappa shape index (κ2) is 7.18. The number of rotatable bonds is 4. The van der Waals surface area contributed by atoms with Crippen LogP contribution in [0.2, 0.25) is 0 Å². The molecule has 0 radical (unpaired) electrons. The van der Waals surface area contributed by atoms with E-state index in [4.69, 9.17) is 5.11 Å². The van der Waals surface area contributed by atoms with E-state index in [1.54, 1.807) is 6.08 Å². The van der Waals surface area contributed by atoms with E-state index in [1.807, 2.05) is 24.3 Å². The predicted octanol–water partition coefficient (Wildman–Crippen LogP) is 1.67. The van der Waals surface area contributed by atoms with E-state index >= 15 is 0 Å². The lowest BCUT2D eigenvalue weighted by Crippen LogP contribution is -1.73. The van der Waals surface area contributed by atoms with Gasteiger partial charge in [-0.1, -0.05) is 37.0 Å². The summed E-state index contributed by atoms with van der Waals surface area (Å²) in [6, 6.07) is 0. The summed E-state index contributed by atoms with van der Waals surface area (Å²) in [5, 5.41) is 8.33. The van der Waals surface area contributed by atoms with Gasteiger partial charge in [0, 0.05) is 6.61 Å². The van der Waals surface area contributed by atoms with Crippen LogP contribution < -0.4 is 0 Å². The Morgan fingerprint density at radius 2 is 2.00 bits per heavy atom. The molecule has 0 aliphatic rings. The lowest BCUT2D eigenvalue weighted by atomic mass is 10.4. The van der Waals surface area contributed by atoms with Crippen molar-refractivity contribution in [1.29, 1.82) is 0 Å². The third-order valence-electron chi connectivity index (χ3n) is 0.790. The summed E-state index contributed by atoms with van der Waals surface area (Å²) >= 11 is 0. The maximum absolute atomic E-state index is 8.33. The molecule has 0 bridgehead atoms. The van der Waals surface area contributed by atoms with Crippen LogP contribution in [0.3, 0.4) is 0 Å². The largest absolute Gasteiger partial charge is 0.396 e. The van der Waals surface area contributed by atoms with Crippen molar-refractivity contribution in [2.24, 2.45) is 0 Å². The third-order valence-corrected chi connectivity index (χ3v) is 0.790. The fourth-order valence-corrected chi connectivity index (χ4v) is 0.392. The summed E-state index contributed by atoms with van der Waals surface area (Å²) in [5.74, 6) is 0. The minimum Gasteiger partial charge on any atom is -0.396 e. The first-order valence-electron chi connectivity index (χ1n) is 2.97. The smallest absolute Gasteiger partial charge is 0.0465 e. The molecule has 0 heterocycles. The molecule has 0 unspecified atom stereocenters. The predicted molar refractivity (Wildman–Crippen MR) is 40.2 cm³/mol. The summed E-state index contributed by atoms with van der Waals surface area (Å²) < 4.78 is 0. The van der Waals surface area contributed by atoms with Gasteiger partial charge in [0.1, 0.15) is 0 Å². The zero-order valence-corrected chi connectivity index (χ0v) is 5.46. The second-order valence-electron chi connectivity index (χ2n) is 1.56. The van der Waals surface area contributed by atoms with Gasteiger partial charge in [0.25, 0.3) is 0 Å². The van der Waals surface area contributed by atoms with Gasteiger partial charge in [-0.05, 0) is 6.42 Å². The van der Waals surface area contributed by atoms with Crippen LogP contribution in [0, 0.1) is 0 Å². The van der Waals surface area contributed by atoms with Crippen LogP contribution >= 0.6 is 0 Å². The van der Waals surface area contributed by atoms with Crippen LogP contribution in [-0.4, -0.2) is 11.7 Å². The Morgan fingerprint density at radius 1 is 1.22 bits per heavy atom. The van der Waals surface area contributed by atoms with Crippen LogP contribution in [0.5, 0.6) is 0 Å². The molecule has 0 aliphatic heterocycles. The van der Waals surface area contributed by atoms with Crippen molar-refractivity contribution in [3.8, 4) is 0 Å². The van der Waals surface area contributed by atoms with Crippen molar-refractivity contribution in [3.63, 3.8) is 0 Å². The zero-order chi connectivity index (χ0) is 6.95. The number of allylic oxidation sites excluding steroid dienone is 4. The van der Waals surface area contributed by atoms with Crippen LogP contribution in [0.15, 0.2) is 37.0 Å². The Balaban J connectivity index is 3.23. The van der Waals surface area contributed by atoms with E-state index in [2.05, 4.69) is 6.58 Å². The SMILES string of the molecule is C=C/C=C/C=C/CCO. The summed E-state index contributed by atoms with van der Waals surface area (Å²) in [6.45, 7) is 3.73. The molecule has 0 atom stereocenters. The highest BCUT2D eigenvalue weighted by Crippen LogP contribution is 1.81. The molecule has 9 heavy (non-hydrogen) atoms. The average Bonchev–Trinajstić information content (AvgIpc) is 1.89. The molecule has 0 aromatic carbocycles. The van der Waals surface area contributed by atoms with Gasteiger partial charge < -0.3 is 5.11 Å². The van der Waals surface area contributed by atoms with Crippen molar-refractivity contribution >= 4 is 0 Å². The molecule has 1 N–H and O–H groups in total. The van der Waals surface area contributed by atoms with Gasteiger partial charge in [-0.15, -0.1) is 0 Å². The molecule has 0 aliphatic carbocycles. The molecule has 0 aromatic heterocycles. The topological polar surface area (TPSA) is 20.2 Å². The van der Waals surface area contributed by atoms with Gasteiger partial charge in [-0.2, -0.15) is 0 Å². The van der Waals surface area contributed by atoms with E-state index in [1.165, 1.54) is 0 Å². The van der Waals surface area contributed by atoms with E-state index in [0.717, 1.165) is 6.42 Å². The normalized spacial score (nSPS) is 11.2. The third kappa shape index (κ3) is 7.18. The zero-order valence-electron chi connectivity index (χ0n) is 5.46. The first-order chi connectivity index (χ1) is 4.41. The maximum atomic E-state index is 8.33. The maximum Gasteiger partial charge on any atom is 0.0465 e. The van der Waals surface area contributed by atoms with Crippen LogP contribution in [0.4, 0.5) is 0 Å². The van der Waals surface area contributed by atoms with Gasteiger partial charge in [-0.3, -0.25) is 0 Å². The molecular weight excluding hydrogens is 112 g/mol. The Labute approximate surface area is 56.0 Å². The van der Waals surface area contributed by atoms with Crippen molar-refractivity contribution < 1.29 is 5.11 Å². The average molecular weight is 124 g/mol. The number of aliphatic hydroxyl groups is 1. The lowest BCUT2D eigenvalue weighted by Gasteiger charge is -1.78. The van der Waals surface area contributed by atoms with E-state index < -0.39 is 0 Å². The molecule has 50 valence electrons. The molecule has 0 saturated carbocycles. The van der Waals surface area contributed by atoms with E-state index in [0.29, 0.717) is 0 Å². The van der Waals surface area contributed by atoms with E-state index in [9.17, 15) is 0 Å². The highest BCUT2D eigenvalue weighted by molar-refractivity contribution is 5.08. The van der Waals surface area contributed by atoms with E-state index in [-0.39, 0.29) is 6.61 Å². The first-order valence-corrected chi connectivity index (χ1v) is 2.97. The molecular formula is C8H12O. The van der Waals surface area contributed by atoms with Crippen molar-refractivity contribution in [3.05, 3.63) is 37.0 Å². The Morgan fingerprint density at radius 3 is 2.56 bits per heavy atom. The summed E-state index contributed by atoms with van der Waals surface area (Å²) in [6.07, 6.45) is 9.94. The monoisotopic (exact) mass is 124 g/mol. The highest BCUT2D eigenvalue weighted by atomic mass is 16.2. The number of aliphatic hydroxyl groups excluding tert-OH is 1. The Kier molecular flexibility index (Phi) is 6.53. The van der Waals surface area contributed by atoms with Crippen LogP contribution in [0.1, 0.15) is 6.42 Å². The van der Waals surface area contributed by atoms with Gasteiger partial charge in [0.15, 0.2) is 0 Å². The fourth-order valence-electron chi connectivity index (χ4n) is 0.392. The summed E-state index contributed by atoms with van der Waals surface area (Å²) in [4.78, 5) is 0. The van der Waals surface area contributed by atoms with Crippen molar-refractivity contribution in [1.82, 2.24) is 0 Å². The highest BCUT2D eigenvalue weighted by Gasteiger charge is 1.68. The van der Waals surface area contributed by atoms with Gasteiger partial charge >= 0.3 is 0 Å². The molecule has 1 nitrogen and oxygen atoms in total. The molecule has 0 aromatic rings. The number of hydrogen-bond acceptors (Lipinski definition) is 1. The summed E-state index contributed by atoms with van der Waals surface area (Å²) in [7, 11) is 0. The second-order valence-corrected chi connectivity index (χ2v) is 1.56. The minimum atomic E-state index is 0.221. The molecule has 0 spiro atoms. The van der Waals surface area contributed by atoms with Gasteiger partial charge in [0.05, 0.1) is 0 Å². The molecule has 1 heteroatoms. The summed E-state index contributed by atoms with van der Waals surface area (Å²) in [5.41, 5.74) is 0. The van der Waals surface area contributed by atoms with Crippen molar-refractivity contribution in [2.45, 2.75) is 6.42 Å². The molecule has 0 amide bonds. The Bertz CT molecular complexity index is 112. The number of hydrogen-bond donors (Lipinski definition) is 1. The van der Waals surface area contributed by atoms with Gasteiger partial charge in [0.2, 0.25) is 0 Å². The quantitative estimate of drug-likeness (QED) is 0.565. The standard InChI is InChI=1S/C8H12O/c1-2-3-4-5-6-7-8-9/h2-6,9H,1,7-8H2/b4-3+,6-5+. The van der Waals surface area contributed by atoms with Gasteiger partial charge in [-0.25, -0.2) is 0 Å². The van der Waals surface area contributed by atoms with Crippen LogP contribution in [-0.2, 0) is 0 Å². The Hall–Kier alpha value is -0.820. The molecule has 0 rings (SSSR count). The minimum absolute atomic E-state index is 0.221.